The molecule has 1 unspecified atom stereocenters. The Labute approximate surface area is 175 Å². The number of hydrogen-bond donors (Lipinski definition) is 0. The third-order valence-corrected chi connectivity index (χ3v) is 6.36. The zero-order valence-corrected chi connectivity index (χ0v) is 17.8. The molecule has 162 valence electrons. The van der Waals surface area contributed by atoms with E-state index in [0.29, 0.717) is 31.9 Å². The first kappa shape index (κ1) is 22.0. The highest BCUT2D eigenvalue weighted by Gasteiger charge is 2.35. The molecule has 9 heteroatoms. The van der Waals surface area contributed by atoms with Gasteiger partial charge in [-0.3, -0.25) is 9.10 Å². The fourth-order valence-corrected chi connectivity index (χ4v) is 4.92. The quantitative estimate of drug-likeness (QED) is 0.697. The van der Waals surface area contributed by atoms with Crippen LogP contribution in [0.1, 0.15) is 13.3 Å². The van der Waals surface area contributed by atoms with E-state index in [0.717, 1.165) is 22.7 Å². The Morgan fingerprint density at radius 2 is 1.63 bits per heavy atom. The number of carbonyl (C=O) groups excluding carboxylic acids is 1. The molecule has 0 radical (unpaired) electrons. The van der Waals surface area contributed by atoms with Crippen LogP contribution in [0.4, 0.5) is 20.2 Å². The minimum absolute atomic E-state index is 0.240. The van der Waals surface area contributed by atoms with Crippen molar-refractivity contribution >= 4 is 27.3 Å². The largest absolute Gasteiger partial charge is 0.366 e. The van der Waals surface area contributed by atoms with Gasteiger partial charge in [0.05, 0.1) is 17.6 Å². The van der Waals surface area contributed by atoms with Gasteiger partial charge in [0.2, 0.25) is 15.9 Å². The van der Waals surface area contributed by atoms with E-state index in [1.807, 2.05) is 4.90 Å². The van der Waals surface area contributed by atoms with Crippen LogP contribution in [-0.4, -0.2) is 57.7 Å². The van der Waals surface area contributed by atoms with Crippen LogP contribution in [-0.2, 0) is 14.8 Å². The summed E-state index contributed by atoms with van der Waals surface area (Å²) < 4.78 is 53.4. The number of halogens is 2. The molecule has 0 aromatic heterocycles. The van der Waals surface area contributed by atoms with Crippen LogP contribution in [0.5, 0.6) is 0 Å². The normalized spacial score (nSPS) is 15.7. The topological polar surface area (TPSA) is 60.9 Å². The Kier molecular flexibility index (Phi) is 6.60. The lowest BCUT2D eigenvalue weighted by Crippen LogP contribution is -2.56. The van der Waals surface area contributed by atoms with Gasteiger partial charge in [0.25, 0.3) is 0 Å². The summed E-state index contributed by atoms with van der Waals surface area (Å²) in [7, 11) is -3.78. The second-order valence-electron chi connectivity index (χ2n) is 7.22. The van der Waals surface area contributed by atoms with Crippen molar-refractivity contribution in [3.8, 4) is 0 Å². The molecule has 0 aliphatic carbocycles. The highest BCUT2D eigenvalue weighted by atomic mass is 32.2. The number of benzene rings is 2. The number of hydrogen-bond acceptors (Lipinski definition) is 4. The van der Waals surface area contributed by atoms with Gasteiger partial charge in [0, 0.05) is 26.2 Å². The molecule has 2 aromatic rings. The third-order valence-electron chi connectivity index (χ3n) is 5.18. The number of carbonyl (C=O) groups is 1. The van der Waals surface area contributed by atoms with Crippen molar-refractivity contribution in [2.45, 2.75) is 19.4 Å². The van der Waals surface area contributed by atoms with E-state index in [2.05, 4.69) is 0 Å². The van der Waals surface area contributed by atoms with E-state index >= 15 is 0 Å². The maximum Gasteiger partial charge on any atom is 0.246 e. The number of anilines is 2. The molecule has 1 fully saturated rings. The van der Waals surface area contributed by atoms with Gasteiger partial charge in [0.1, 0.15) is 17.7 Å². The highest BCUT2D eigenvalue weighted by molar-refractivity contribution is 7.92. The second-order valence-corrected chi connectivity index (χ2v) is 9.08. The molecular weight excluding hydrogens is 412 g/mol. The van der Waals surface area contributed by atoms with Gasteiger partial charge in [0.15, 0.2) is 0 Å². The summed E-state index contributed by atoms with van der Waals surface area (Å²) in [6.07, 6.45) is 1.29. The van der Waals surface area contributed by atoms with Gasteiger partial charge < -0.3 is 9.80 Å². The Morgan fingerprint density at radius 1 is 1.03 bits per heavy atom. The SMILES string of the molecule is CCC(C(=O)N1CCN(c2ccccc2F)CC1)N(c1ccc(F)cc1)S(C)(=O)=O. The smallest absolute Gasteiger partial charge is 0.246 e. The molecule has 1 saturated heterocycles. The number of nitrogens with zero attached hydrogens (tertiary/aromatic N) is 3. The van der Waals surface area contributed by atoms with Crippen molar-refractivity contribution in [1.29, 1.82) is 0 Å². The molecule has 1 heterocycles. The average Bonchev–Trinajstić information content (AvgIpc) is 2.72. The van der Waals surface area contributed by atoms with Gasteiger partial charge in [-0.15, -0.1) is 0 Å². The molecule has 1 atom stereocenters. The zero-order chi connectivity index (χ0) is 21.9. The van der Waals surface area contributed by atoms with E-state index in [-0.39, 0.29) is 23.8 Å². The third kappa shape index (κ3) is 4.72. The Balaban J connectivity index is 1.78. The predicted octanol–water partition coefficient (Wildman–Crippen LogP) is 2.86. The van der Waals surface area contributed by atoms with Gasteiger partial charge in [-0.2, -0.15) is 0 Å². The summed E-state index contributed by atoms with van der Waals surface area (Å²) in [5.74, 6) is -1.13. The fraction of sp³-hybridized carbons (Fsp3) is 0.381. The van der Waals surface area contributed by atoms with Crippen molar-refractivity contribution in [2.75, 3.05) is 41.6 Å². The van der Waals surface area contributed by atoms with Gasteiger partial charge in [-0.25, -0.2) is 17.2 Å². The molecule has 1 aliphatic heterocycles. The van der Waals surface area contributed by atoms with Gasteiger partial charge >= 0.3 is 0 Å². The lowest BCUT2D eigenvalue weighted by atomic mass is 10.1. The van der Waals surface area contributed by atoms with Crippen molar-refractivity contribution in [3.63, 3.8) is 0 Å². The van der Waals surface area contributed by atoms with Crippen molar-refractivity contribution < 1.29 is 22.0 Å². The van der Waals surface area contributed by atoms with Crippen LogP contribution in [0.15, 0.2) is 48.5 Å². The summed E-state index contributed by atoms with van der Waals surface area (Å²) in [6, 6.07) is 10.6. The highest BCUT2D eigenvalue weighted by Crippen LogP contribution is 2.25. The summed E-state index contributed by atoms with van der Waals surface area (Å²) in [4.78, 5) is 16.7. The van der Waals surface area contributed by atoms with Gasteiger partial charge in [-0.05, 0) is 42.8 Å². The van der Waals surface area contributed by atoms with Crippen LogP contribution < -0.4 is 9.21 Å². The van der Waals surface area contributed by atoms with Crippen LogP contribution in [0, 0.1) is 11.6 Å². The zero-order valence-electron chi connectivity index (χ0n) is 17.0. The van der Waals surface area contributed by atoms with Crippen LogP contribution >= 0.6 is 0 Å². The molecule has 2 aromatic carbocycles. The minimum Gasteiger partial charge on any atom is -0.366 e. The molecule has 0 spiro atoms. The monoisotopic (exact) mass is 437 g/mol. The number of amides is 1. The number of rotatable bonds is 6. The Hall–Kier alpha value is -2.68. The number of piperazine rings is 1. The predicted molar refractivity (Wildman–Crippen MR) is 113 cm³/mol. The fourth-order valence-electron chi connectivity index (χ4n) is 3.72. The molecule has 6 nitrogen and oxygen atoms in total. The summed E-state index contributed by atoms with van der Waals surface area (Å²) >= 11 is 0. The van der Waals surface area contributed by atoms with E-state index in [9.17, 15) is 22.0 Å². The standard InChI is InChI=1S/C21H25F2N3O3S/c1-3-19(26(30(2,28)29)17-10-8-16(22)9-11-17)21(27)25-14-12-24(13-15-25)20-7-5-4-6-18(20)23/h4-11,19H,3,12-15H2,1-2H3. The van der Waals surface area contributed by atoms with Gasteiger partial charge in [-0.1, -0.05) is 19.1 Å². The van der Waals surface area contributed by atoms with Crippen molar-refractivity contribution in [2.24, 2.45) is 0 Å². The first-order valence-electron chi connectivity index (χ1n) is 9.75. The summed E-state index contributed by atoms with van der Waals surface area (Å²) in [6.45, 7) is 3.33. The Morgan fingerprint density at radius 3 is 2.17 bits per heavy atom. The molecule has 0 N–H and O–H groups in total. The maximum atomic E-state index is 14.0. The van der Waals surface area contributed by atoms with E-state index in [1.54, 1.807) is 30.0 Å². The van der Waals surface area contributed by atoms with E-state index in [4.69, 9.17) is 0 Å². The Bertz CT molecular complexity index is 991. The summed E-state index contributed by atoms with van der Waals surface area (Å²) in [5, 5.41) is 0. The minimum atomic E-state index is -3.78. The molecule has 30 heavy (non-hydrogen) atoms. The van der Waals surface area contributed by atoms with E-state index in [1.165, 1.54) is 18.2 Å². The lowest BCUT2D eigenvalue weighted by Gasteiger charge is -2.39. The van der Waals surface area contributed by atoms with Crippen LogP contribution in [0.25, 0.3) is 0 Å². The first-order valence-corrected chi connectivity index (χ1v) is 11.6. The number of para-hydroxylation sites is 1. The molecule has 3 rings (SSSR count). The molecule has 1 aliphatic rings. The maximum absolute atomic E-state index is 14.0. The van der Waals surface area contributed by atoms with Crippen LogP contribution in [0.3, 0.4) is 0 Å². The molecule has 1 amide bonds. The van der Waals surface area contributed by atoms with Crippen LogP contribution in [0.2, 0.25) is 0 Å². The first-order chi connectivity index (χ1) is 14.2. The molecule has 0 bridgehead atoms. The molecule has 0 saturated carbocycles. The second kappa shape index (κ2) is 8.99. The number of sulfonamides is 1. The summed E-state index contributed by atoms with van der Waals surface area (Å²) in [5.41, 5.74) is 0.727. The molecular formula is C21H25F2N3O3S. The average molecular weight is 438 g/mol. The van der Waals surface area contributed by atoms with Crippen molar-refractivity contribution in [1.82, 2.24) is 4.90 Å². The van der Waals surface area contributed by atoms with Crippen molar-refractivity contribution in [3.05, 3.63) is 60.2 Å². The van der Waals surface area contributed by atoms with E-state index < -0.39 is 21.9 Å². The lowest BCUT2D eigenvalue weighted by molar-refractivity contribution is -0.132.